The number of rotatable bonds is 9. The fourth-order valence-corrected chi connectivity index (χ4v) is 5.60. The van der Waals surface area contributed by atoms with Gasteiger partial charge in [-0.15, -0.1) is 0 Å². The number of benzene rings is 2. The van der Waals surface area contributed by atoms with Gasteiger partial charge in [-0.25, -0.2) is 13.2 Å². The molecule has 0 bridgehead atoms. The van der Waals surface area contributed by atoms with Crippen LogP contribution in [0.5, 0.6) is 5.75 Å². The quantitative estimate of drug-likeness (QED) is 0.537. The zero-order chi connectivity index (χ0) is 24.7. The molecule has 1 amide bonds. The van der Waals surface area contributed by atoms with Gasteiger partial charge in [-0.05, 0) is 74.6 Å². The maximum absolute atomic E-state index is 13.1. The summed E-state index contributed by atoms with van der Waals surface area (Å²) >= 11 is 0. The molecule has 0 spiro atoms. The number of hydrogen-bond acceptors (Lipinski definition) is 6. The highest BCUT2D eigenvalue weighted by atomic mass is 32.2. The van der Waals surface area contributed by atoms with Crippen LogP contribution in [0.1, 0.15) is 54.1 Å². The Morgan fingerprint density at radius 2 is 1.82 bits per heavy atom. The molecule has 1 aliphatic rings. The van der Waals surface area contributed by atoms with Gasteiger partial charge in [0.15, 0.2) is 0 Å². The lowest BCUT2D eigenvalue weighted by Gasteiger charge is -2.26. The van der Waals surface area contributed by atoms with Crippen LogP contribution >= 0.6 is 0 Å². The van der Waals surface area contributed by atoms with E-state index in [0.29, 0.717) is 47.6 Å². The van der Waals surface area contributed by atoms with Crippen molar-refractivity contribution in [3.8, 4) is 5.75 Å². The Bertz CT molecular complexity index is 1140. The molecule has 1 fully saturated rings. The Hall–Kier alpha value is -2.91. The molecule has 0 aromatic heterocycles. The molecule has 0 unspecified atom stereocenters. The molecular formula is C25H32N2O6S. The standard InChI is InChI=1S/C25H32N2O6S/c1-4-33-25(29)21-9-8-10-22(18(21)2)26-24(28)14-11-19-17-20(12-13-23(19)32-3)34(30,31)27-15-6-5-7-16-27/h8-10,12-13,17H,4-7,11,14-16H2,1-3H3,(H,26,28). The summed E-state index contributed by atoms with van der Waals surface area (Å²) in [6.07, 6.45) is 3.18. The summed E-state index contributed by atoms with van der Waals surface area (Å²) in [6, 6.07) is 9.85. The van der Waals surface area contributed by atoms with Crippen LogP contribution in [0.2, 0.25) is 0 Å². The molecule has 3 rings (SSSR count). The third-order valence-electron chi connectivity index (χ3n) is 5.93. The number of anilines is 1. The van der Waals surface area contributed by atoms with Crippen LogP contribution in [0.3, 0.4) is 0 Å². The van der Waals surface area contributed by atoms with Gasteiger partial charge in [0, 0.05) is 25.2 Å². The maximum Gasteiger partial charge on any atom is 0.338 e. The molecule has 9 heteroatoms. The van der Waals surface area contributed by atoms with Crippen LogP contribution in [0.15, 0.2) is 41.3 Å². The minimum absolute atomic E-state index is 0.118. The summed E-state index contributed by atoms with van der Waals surface area (Å²) in [4.78, 5) is 25.0. The SMILES string of the molecule is CCOC(=O)c1cccc(NC(=O)CCc2cc(S(=O)(=O)N3CCCCC3)ccc2OC)c1C. The number of aryl methyl sites for hydroxylation is 1. The van der Waals surface area contributed by atoms with E-state index >= 15 is 0 Å². The number of methoxy groups -OCH3 is 1. The fourth-order valence-electron chi connectivity index (χ4n) is 4.03. The number of amides is 1. The third kappa shape index (κ3) is 5.95. The number of ether oxygens (including phenoxy) is 2. The summed E-state index contributed by atoms with van der Waals surface area (Å²) in [6.45, 7) is 4.80. The molecule has 2 aromatic rings. The molecule has 184 valence electrons. The van der Waals surface area contributed by atoms with Gasteiger partial charge >= 0.3 is 5.97 Å². The van der Waals surface area contributed by atoms with Crippen LogP contribution in [0.4, 0.5) is 5.69 Å². The first-order valence-corrected chi connectivity index (χ1v) is 13.0. The fraction of sp³-hybridized carbons (Fsp3) is 0.440. The highest BCUT2D eigenvalue weighted by molar-refractivity contribution is 7.89. The molecule has 8 nitrogen and oxygen atoms in total. The number of esters is 1. The molecular weight excluding hydrogens is 456 g/mol. The van der Waals surface area contributed by atoms with E-state index in [1.165, 1.54) is 11.4 Å². The summed E-state index contributed by atoms with van der Waals surface area (Å²) in [5.41, 5.74) is 2.20. The number of sulfonamides is 1. The Kier molecular flexibility index (Phi) is 8.68. The minimum Gasteiger partial charge on any atom is -0.496 e. The average Bonchev–Trinajstić information content (AvgIpc) is 2.84. The first kappa shape index (κ1) is 25.7. The number of carbonyl (C=O) groups excluding carboxylic acids is 2. The van der Waals surface area contributed by atoms with Crippen LogP contribution in [-0.2, 0) is 26.0 Å². The van der Waals surface area contributed by atoms with Crippen molar-refractivity contribution >= 4 is 27.6 Å². The van der Waals surface area contributed by atoms with Gasteiger partial charge in [0.05, 0.1) is 24.2 Å². The molecule has 0 atom stereocenters. The lowest BCUT2D eigenvalue weighted by Crippen LogP contribution is -2.35. The van der Waals surface area contributed by atoms with E-state index in [2.05, 4.69) is 5.32 Å². The van der Waals surface area contributed by atoms with Crippen LogP contribution in [0.25, 0.3) is 0 Å². The minimum atomic E-state index is -3.59. The monoisotopic (exact) mass is 488 g/mol. The number of hydrogen-bond donors (Lipinski definition) is 1. The highest BCUT2D eigenvalue weighted by Crippen LogP contribution is 2.27. The normalized spacial score (nSPS) is 14.4. The predicted molar refractivity (Wildman–Crippen MR) is 130 cm³/mol. The second kappa shape index (κ2) is 11.5. The van der Waals surface area contributed by atoms with E-state index in [9.17, 15) is 18.0 Å². The van der Waals surface area contributed by atoms with Gasteiger partial charge in [0.25, 0.3) is 0 Å². The van der Waals surface area contributed by atoms with Crippen molar-refractivity contribution in [2.75, 3.05) is 32.1 Å². The van der Waals surface area contributed by atoms with E-state index in [1.54, 1.807) is 50.2 Å². The Morgan fingerprint density at radius 1 is 1.09 bits per heavy atom. The van der Waals surface area contributed by atoms with E-state index in [-0.39, 0.29) is 23.8 Å². The largest absolute Gasteiger partial charge is 0.496 e. The molecule has 34 heavy (non-hydrogen) atoms. The third-order valence-corrected chi connectivity index (χ3v) is 7.82. The smallest absolute Gasteiger partial charge is 0.338 e. The van der Waals surface area contributed by atoms with Gasteiger partial charge in [-0.1, -0.05) is 12.5 Å². The van der Waals surface area contributed by atoms with Crippen molar-refractivity contribution in [1.29, 1.82) is 0 Å². The summed E-state index contributed by atoms with van der Waals surface area (Å²) in [7, 11) is -2.07. The lowest BCUT2D eigenvalue weighted by atomic mass is 10.1. The Balaban J connectivity index is 1.72. The summed E-state index contributed by atoms with van der Waals surface area (Å²) in [5.74, 6) is -0.158. The summed E-state index contributed by atoms with van der Waals surface area (Å²) < 4.78 is 38.1. The molecule has 1 heterocycles. The summed E-state index contributed by atoms with van der Waals surface area (Å²) in [5, 5.41) is 2.84. The van der Waals surface area contributed by atoms with Crippen LogP contribution in [0, 0.1) is 6.92 Å². The second-order valence-corrected chi connectivity index (χ2v) is 10.1. The maximum atomic E-state index is 13.1. The Labute approximate surface area is 201 Å². The van der Waals surface area contributed by atoms with E-state index in [0.717, 1.165) is 19.3 Å². The van der Waals surface area contributed by atoms with Crippen molar-refractivity contribution < 1.29 is 27.5 Å². The molecule has 0 aliphatic carbocycles. The first-order valence-electron chi connectivity index (χ1n) is 11.5. The zero-order valence-electron chi connectivity index (χ0n) is 19.9. The topological polar surface area (TPSA) is 102 Å². The van der Waals surface area contributed by atoms with E-state index in [4.69, 9.17) is 9.47 Å². The van der Waals surface area contributed by atoms with Gasteiger partial charge in [0.1, 0.15) is 5.75 Å². The van der Waals surface area contributed by atoms with Crippen molar-refractivity contribution in [3.63, 3.8) is 0 Å². The van der Waals surface area contributed by atoms with Crippen LogP contribution in [-0.4, -0.2) is 51.4 Å². The average molecular weight is 489 g/mol. The van der Waals surface area contributed by atoms with E-state index < -0.39 is 16.0 Å². The number of nitrogens with zero attached hydrogens (tertiary/aromatic N) is 1. The van der Waals surface area contributed by atoms with Crippen molar-refractivity contribution in [2.45, 2.75) is 50.8 Å². The lowest BCUT2D eigenvalue weighted by molar-refractivity contribution is -0.116. The van der Waals surface area contributed by atoms with Gasteiger partial charge in [-0.3, -0.25) is 4.79 Å². The molecule has 1 saturated heterocycles. The number of nitrogens with one attached hydrogen (secondary N) is 1. The molecule has 0 saturated carbocycles. The second-order valence-electron chi connectivity index (χ2n) is 8.19. The van der Waals surface area contributed by atoms with Crippen molar-refractivity contribution in [3.05, 3.63) is 53.1 Å². The first-order chi connectivity index (χ1) is 16.3. The molecule has 1 aliphatic heterocycles. The predicted octanol–water partition coefficient (Wildman–Crippen LogP) is 3.93. The molecule has 0 radical (unpaired) electrons. The van der Waals surface area contributed by atoms with Crippen molar-refractivity contribution in [2.24, 2.45) is 0 Å². The zero-order valence-corrected chi connectivity index (χ0v) is 20.7. The van der Waals surface area contributed by atoms with Gasteiger partial charge in [0.2, 0.25) is 15.9 Å². The van der Waals surface area contributed by atoms with Crippen molar-refractivity contribution in [1.82, 2.24) is 4.31 Å². The van der Waals surface area contributed by atoms with Gasteiger partial charge in [-0.2, -0.15) is 4.31 Å². The van der Waals surface area contributed by atoms with Gasteiger partial charge < -0.3 is 14.8 Å². The Morgan fingerprint density at radius 3 is 2.50 bits per heavy atom. The molecule has 2 aromatic carbocycles. The molecule has 1 N–H and O–H groups in total. The van der Waals surface area contributed by atoms with E-state index in [1.807, 2.05) is 0 Å². The van der Waals surface area contributed by atoms with Crippen LogP contribution < -0.4 is 10.1 Å². The number of piperidine rings is 1. The highest BCUT2D eigenvalue weighted by Gasteiger charge is 2.26. The number of carbonyl (C=O) groups is 2.